The summed E-state index contributed by atoms with van der Waals surface area (Å²) in [7, 11) is 1.65. The van der Waals surface area contributed by atoms with Crippen LogP contribution in [-0.2, 0) is 11.3 Å². The zero-order valence-electron chi connectivity index (χ0n) is 11.7. The molecule has 98 valence electrons. The van der Waals surface area contributed by atoms with Crippen molar-refractivity contribution in [2.75, 3.05) is 7.05 Å². The van der Waals surface area contributed by atoms with Crippen LogP contribution in [0.15, 0.2) is 24.3 Å². The standard InChI is InChI=1S/C10H12FNO.2C2H6/c1-8(13)12(2)7-9-5-3-4-6-10(9)11;2*1-2/h3-6H,7H2,1-2H3;2*1-2H3. The minimum absolute atomic E-state index is 0.0664. The van der Waals surface area contributed by atoms with Gasteiger partial charge in [-0.25, -0.2) is 4.39 Å². The van der Waals surface area contributed by atoms with Crippen molar-refractivity contribution in [2.45, 2.75) is 41.2 Å². The molecule has 1 aromatic rings. The Kier molecular flexibility index (Phi) is 11.8. The quantitative estimate of drug-likeness (QED) is 0.770. The van der Waals surface area contributed by atoms with Crippen molar-refractivity contribution < 1.29 is 9.18 Å². The number of rotatable bonds is 2. The highest BCUT2D eigenvalue weighted by atomic mass is 19.1. The van der Waals surface area contributed by atoms with Gasteiger partial charge in [0, 0.05) is 26.1 Å². The lowest BCUT2D eigenvalue weighted by molar-refractivity contribution is -0.128. The van der Waals surface area contributed by atoms with E-state index in [4.69, 9.17) is 0 Å². The third-order valence-corrected chi connectivity index (χ3v) is 1.90. The van der Waals surface area contributed by atoms with Gasteiger partial charge in [-0.15, -0.1) is 0 Å². The van der Waals surface area contributed by atoms with Crippen molar-refractivity contribution in [1.29, 1.82) is 0 Å². The van der Waals surface area contributed by atoms with Gasteiger partial charge in [-0.1, -0.05) is 45.9 Å². The Morgan fingerprint density at radius 1 is 1.18 bits per heavy atom. The smallest absolute Gasteiger partial charge is 0.219 e. The molecule has 0 aliphatic carbocycles. The number of amides is 1. The molecule has 0 heterocycles. The van der Waals surface area contributed by atoms with Crippen LogP contribution in [0, 0.1) is 5.82 Å². The van der Waals surface area contributed by atoms with Crippen molar-refractivity contribution >= 4 is 5.91 Å². The SMILES string of the molecule is CC.CC.CC(=O)N(C)Cc1ccccc1F. The first-order chi connectivity index (χ1) is 8.11. The van der Waals surface area contributed by atoms with Crippen LogP contribution >= 0.6 is 0 Å². The molecule has 0 bridgehead atoms. The van der Waals surface area contributed by atoms with E-state index < -0.39 is 0 Å². The molecule has 3 heteroatoms. The predicted molar refractivity (Wildman–Crippen MR) is 71.2 cm³/mol. The average molecular weight is 241 g/mol. The molecule has 0 N–H and O–H groups in total. The Labute approximate surface area is 104 Å². The Bertz CT molecular complexity index is 313. The van der Waals surface area contributed by atoms with Gasteiger partial charge in [-0.05, 0) is 6.07 Å². The minimum Gasteiger partial charge on any atom is -0.342 e. The van der Waals surface area contributed by atoms with Crippen molar-refractivity contribution in [3.05, 3.63) is 35.6 Å². The van der Waals surface area contributed by atoms with Gasteiger partial charge in [0.05, 0.1) is 0 Å². The molecule has 1 aromatic carbocycles. The van der Waals surface area contributed by atoms with Gasteiger partial charge in [0.15, 0.2) is 0 Å². The van der Waals surface area contributed by atoms with Crippen molar-refractivity contribution in [3.8, 4) is 0 Å². The Balaban J connectivity index is 0. The van der Waals surface area contributed by atoms with E-state index in [0.717, 1.165) is 0 Å². The number of nitrogens with zero attached hydrogens (tertiary/aromatic N) is 1. The monoisotopic (exact) mass is 241 g/mol. The lowest BCUT2D eigenvalue weighted by atomic mass is 10.2. The Morgan fingerprint density at radius 2 is 1.65 bits per heavy atom. The lowest BCUT2D eigenvalue weighted by Crippen LogP contribution is -2.23. The number of benzene rings is 1. The number of hydrogen-bond acceptors (Lipinski definition) is 1. The van der Waals surface area contributed by atoms with Crippen LogP contribution in [0.25, 0.3) is 0 Å². The maximum atomic E-state index is 13.1. The summed E-state index contributed by atoms with van der Waals surface area (Å²) < 4.78 is 13.1. The van der Waals surface area contributed by atoms with E-state index in [1.54, 1.807) is 25.2 Å². The molecule has 0 saturated carbocycles. The summed E-state index contributed by atoms with van der Waals surface area (Å²) in [5.74, 6) is -0.334. The maximum Gasteiger partial charge on any atom is 0.219 e. The van der Waals surface area contributed by atoms with E-state index in [1.165, 1.54) is 17.9 Å². The van der Waals surface area contributed by atoms with E-state index in [9.17, 15) is 9.18 Å². The second-order valence-corrected chi connectivity index (χ2v) is 2.97. The fraction of sp³-hybridized carbons (Fsp3) is 0.500. The number of carbonyl (C=O) groups excluding carboxylic acids is 1. The van der Waals surface area contributed by atoms with Gasteiger partial charge < -0.3 is 4.90 Å². The Morgan fingerprint density at radius 3 is 2.06 bits per heavy atom. The fourth-order valence-corrected chi connectivity index (χ4v) is 0.993. The van der Waals surface area contributed by atoms with E-state index in [-0.39, 0.29) is 11.7 Å². The summed E-state index contributed by atoms with van der Waals surface area (Å²) in [6.45, 7) is 9.78. The highest BCUT2D eigenvalue weighted by Gasteiger charge is 2.06. The molecule has 0 aromatic heterocycles. The normalized spacial score (nSPS) is 8.18. The molecule has 0 saturated heterocycles. The van der Waals surface area contributed by atoms with Crippen LogP contribution < -0.4 is 0 Å². The van der Waals surface area contributed by atoms with Gasteiger partial charge in [0.1, 0.15) is 5.82 Å². The van der Waals surface area contributed by atoms with E-state index >= 15 is 0 Å². The van der Waals surface area contributed by atoms with Gasteiger partial charge in [0.2, 0.25) is 5.91 Å². The largest absolute Gasteiger partial charge is 0.342 e. The molecule has 0 spiro atoms. The number of halogens is 1. The summed E-state index contributed by atoms with van der Waals surface area (Å²) in [6.07, 6.45) is 0. The fourth-order valence-electron chi connectivity index (χ4n) is 0.993. The van der Waals surface area contributed by atoms with Crippen LogP contribution in [0.3, 0.4) is 0 Å². The second kappa shape index (κ2) is 11.1. The van der Waals surface area contributed by atoms with Gasteiger partial charge in [-0.2, -0.15) is 0 Å². The molecule has 0 radical (unpaired) electrons. The van der Waals surface area contributed by atoms with E-state index in [0.29, 0.717) is 12.1 Å². The molecule has 0 fully saturated rings. The molecular weight excluding hydrogens is 217 g/mol. The molecule has 1 rings (SSSR count). The molecule has 17 heavy (non-hydrogen) atoms. The summed E-state index contributed by atoms with van der Waals surface area (Å²) in [6, 6.07) is 6.46. The van der Waals surface area contributed by atoms with Gasteiger partial charge >= 0.3 is 0 Å². The van der Waals surface area contributed by atoms with Crippen LogP contribution in [-0.4, -0.2) is 17.9 Å². The third kappa shape index (κ3) is 7.50. The number of carbonyl (C=O) groups is 1. The minimum atomic E-state index is -0.268. The van der Waals surface area contributed by atoms with Crippen LogP contribution in [0.4, 0.5) is 4.39 Å². The highest BCUT2D eigenvalue weighted by molar-refractivity contribution is 5.72. The molecule has 1 amide bonds. The molecule has 0 aliphatic heterocycles. The maximum absolute atomic E-state index is 13.1. The molecule has 0 aliphatic rings. The topological polar surface area (TPSA) is 20.3 Å². The summed E-state index contributed by atoms with van der Waals surface area (Å²) in [5.41, 5.74) is 0.542. The first-order valence-electron chi connectivity index (χ1n) is 6.06. The summed E-state index contributed by atoms with van der Waals surface area (Å²) in [4.78, 5) is 12.3. The first-order valence-corrected chi connectivity index (χ1v) is 6.06. The van der Waals surface area contributed by atoms with Gasteiger partial charge in [-0.3, -0.25) is 4.79 Å². The van der Waals surface area contributed by atoms with E-state index in [1.807, 2.05) is 27.7 Å². The zero-order valence-corrected chi connectivity index (χ0v) is 11.7. The van der Waals surface area contributed by atoms with Crippen molar-refractivity contribution in [3.63, 3.8) is 0 Å². The third-order valence-electron chi connectivity index (χ3n) is 1.90. The molecule has 0 unspecified atom stereocenters. The van der Waals surface area contributed by atoms with E-state index in [2.05, 4.69) is 0 Å². The first kappa shape index (κ1) is 18.0. The van der Waals surface area contributed by atoms with Crippen LogP contribution in [0.2, 0.25) is 0 Å². The molecular formula is C14H24FNO. The second-order valence-electron chi connectivity index (χ2n) is 2.97. The summed E-state index contributed by atoms with van der Waals surface area (Å²) in [5, 5.41) is 0. The number of hydrogen-bond donors (Lipinski definition) is 0. The zero-order chi connectivity index (χ0) is 13.8. The molecule has 0 atom stereocenters. The molecule has 2 nitrogen and oxygen atoms in total. The van der Waals surface area contributed by atoms with Crippen LogP contribution in [0.1, 0.15) is 40.2 Å². The highest BCUT2D eigenvalue weighted by Crippen LogP contribution is 2.08. The van der Waals surface area contributed by atoms with Crippen molar-refractivity contribution in [2.24, 2.45) is 0 Å². The summed E-state index contributed by atoms with van der Waals surface area (Å²) >= 11 is 0. The Hall–Kier alpha value is -1.38. The average Bonchev–Trinajstić information content (AvgIpc) is 2.37. The van der Waals surface area contributed by atoms with Crippen LogP contribution in [0.5, 0.6) is 0 Å². The van der Waals surface area contributed by atoms with Gasteiger partial charge in [0.25, 0.3) is 0 Å². The van der Waals surface area contributed by atoms with Crippen molar-refractivity contribution in [1.82, 2.24) is 4.90 Å². The lowest BCUT2D eigenvalue weighted by Gasteiger charge is -2.14. The predicted octanol–water partition coefficient (Wildman–Crippen LogP) is 3.86.